The second-order valence-corrected chi connectivity index (χ2v) is 5.55. The predicted molar refractivity (Wildman–Crippen MR) is 84.4 cm³/mol. The topological polar surface area (TPSA) is 17.1 Å². The summed E-state index contributed by atoms with van der Waals surface area (Å²) in [6.45, 7) is 6.45. The van der Waals surface area contributed by atoms with Crippen LogP contribution in [0.5, 0.6) is 0 Å². The van der Waals surface area contributed by atoms with Gasteiger partial charge in [0.1, 0.15) is 0 Å². The molecule has 104 valence electrons. The first kappa shape index (κ1) is 14.5. The molecule has 2 aromatic rings. The molecule has 0 radical (unpaired) electrons. The zero-order chi connectivity index (χ0) is 14.5. The van der Waals surface area contributed by atoms with Gasteiger partial charge in [-0.3, -0.25) is 4.79 Å². The average molecular weight is 266 g/mol. The molecule has 0 spiro atoms. The molecule has 1 nitrogen and oxygen atoms in total. The molecular weight excluding hydrogens is 244 g/mol. The Balaban J connectivity index is 2.07. The zero-order valence-electron chi connectivity index (χ0n) is 12.5. The molecule has 0 unspecified atom stereocenters. The maximum Gasteiger partial charge on any atom is 0.167 e. The monoisotopic (exact) mass is 266 g/mol. The van der Waals surface area contributed by atoms with E-state index in [1.807, 2.05) is 12.1 Å². The third kappa shape index (κ3) is 3.57. The lowest BCUT2D eigenvalue weighted by Crippen LogP contribution is -2.04. The molecule has 0 saturated carbocycles. The van der Waals surface area contributed by atoms with Crippen LogP contribution in [0.2, 0.25) is 0 Å². The van der Waals surface area contributed by atoms with Crippen LogP contribution < -0.4 is 0 Å². The Kier molecular flexibility index (Phi) is 4.73. The number of benzene rings is 2. The van der Waals surface area contributed by atoms with Crippen molar-refractivity contribution in [3.63, 3.8) is 0 Å². The molecule has 0 heterocycles. The highest BCUT2D eigenvalue weighted by atomic mass is 16.1. The Morgan fingerprint density at radius 2 is 1.45 bits per heavy atom. The normalized spacial score (nSPS) is 10.8. The molecule has 0 N–H and O–H groups in total. The summed E-state index contributed by atoms with van der Waals surface area (Å²) in [5.41, 5.74) is 4.46. The zero-order valence-corrected chi connectivity index (χ0v) is 12.5. The van der Waals surface area contributed by atoms with Crippen molar-refractivity contribution in [1.82, 2.24) is 0 Å². The number of carbonyl (C=O) groups is 1. The van der Waals surface area contributed by atoms with Crippen molar-refractivity contribution in [2.45, 2.75) is 39.5 Å². The van der Waals surface area contributed by atoms with Gasteiger partial charge in [0, 0.05) is 12.0 Å². The van der Waals surface area contributed by atoms with Gasteiger partial charge in [-0.25, -0.2) is 0 Å². The van der Waals surface area contributed by atoms with Crippen LogP contribution in [0, 0.1) is 0 Å². The first-order valence-electron chi connectivity index (χ1n) is 7.31. The van der Waals surface area contributed by atoms with Crippen LogP contribution in [-0.4, -0.2) is 5.78 Å². The molecule has 0 aromatic heterocycles. The van der Waals surface area contributed by atoms with Crippen molar-refractivity contribution in [2.75, 3.05) is 0 Å². The van der Waals surface area contributed by atoms with Crippen LogP contribution in [0.3, 0.4) is 0 Å². The van der Waals surface area contributed by atoms with E-state index in [-0.39, 0.29) is 5.78 Å². The van der Waals surface area contributed by atoms with E-state index >= 15 is 0 Å². The van der Waals surface area contributed by atoms with Crippen LogP contribution >= 0.6 is 0 Å². The van der Waals surface area contributed by atoms with Crippen molar-refractivity contribution in [3.8, 4) is 0 Å². The number of ketones is 1. The lowest BCUT2D eigenvalue weighted by atomic mass is 9.98. The van der Waals surface area contributed by atoms with E-state index in [0.29, 0.717) is 12.3 Å². The van der Waals surface area contributed by atoms with Gasteiger partial charge in [-0.05, 0) is 29.0 Å². The second-order valence-electron chi connectivity index (χ2n) is 5.55. The molecule has 0 aliphatic carbocycles. The summed E-state index contributed by atoms with van der Waals surface area (Å²) in [6.07, 6.45) is 1.51. The van der Waals surface area contributed by atoms with Gasteiger partial charge in [-0.2, -0.15) is 0 Å². The number of hydrogen-bond donors (Lipinski definition) is 0. The van der Waals surface area contributed by atoms with Gasteiger partial charge in [0.2, 0.25) is 0 Å². The summed E-state index contributed by atoms with van der Waals surface area (Å²) < 4.78 is 0. The Morgan fingerprint density at radius 1 is 0.900 bits per heavy atom. The van der Waals surface area contributed by atoms with Gasteiger partial charge in [0.15, 0.2) is 5.78 Å². The van der Waals surface area contributed by atoms with Gasteiger partial charge in [0.05, 0.1) is 0 Å². The predicted octanol–water partition coefficient (Wildman–Crippen LogP) is 4.80. The maximum atomic E-state index is 12.2. The fraction of sp³-hybridized carbons (Fsp3) is 0.316. The van der Waals surface area contributed by atoms with E-state index in [1.54, 1.807) is 0 Å². The first-order chi connectivity index (χ1) is 9.60. The SMILES string of the molecule is CCc1ccc(CC(=O)c2ccc(C(C)C)cc2)cc1. The minimum absolute atomic E-state index is 0.185. The summed E-state index contributed by atoms with van der Waals surface area (Å²) in [4.78, 5) is 12.2. The summed E-state index contributed by atoms with van der Waals surface area (Å²) in [7, 11) is 0. The van der Waals surface area contributed by atoms with Crippen LogP contribution in [0.15, 0.2) is 48.5 Å². The lowest BCUT2D eigenvalue weighted by Gasteiger charge is -2.07. The highest BCUT2D eigenvalue weighted by Crippen LogP contribution is 2.16. The van der Waals surface area contributed by atoms with E-state index in [2.05, 4.69) is 57.2 Å². The Morgan fingerprint density at radius 3 is 1.95 bits per heavy atom. The van der Waals surface area contributed by atoms with Crippen molar-refractivity contribution >= 4 is 5.78 Å². The minimum Gasteiger partial charge on any atom is -0.294 e. The second kappa shape index (κ2) is 6.51. The summed E-state index contributed by atoms with van der Waals surface area (Å²) in [5, 5.41) is 0. The lowest BCUT2D eigenvalue weighted by molar-refractivity contribution is 0.0993. The molecular formula is C19H22O. The van der Waals surface area contributed by atoms with Crippen LogP contribution in [0.25, 0.3) is 0 Å². The molecule has 20 heavy (non-hydrogen) atoms. The van der Waals surface area contributed by atoms with E-state index < -0.39 is 0 Å². The molecule has 0 amide bonds. The van der Waals surface area contributed by atoms with E-state index in [1.165, 1.54) is 11.1 Å². The highest BCUT2D eigenvalue weighted by Gasteiger charge is 2.08. The highest BCUT2D eigenvalue weighted by molar-refractivity contribution is 5.97. The average Bonchev–Trinajstić information content (AvgIpc) is 2.48. The summed E-state index contributed by atoms with van der Waals surface area (Å²) >= 11 is 0. The van der Waals surface area contributed by atoms with E-state index in [0.717, 1.165) is 17.5 Å². The molecule has 1 heteroatoms. The third-order valence-electron chi connectivity index (χ3n) is 3.70. The molecule has 0 atom stereocenters. The van der Waals surface area contributed by atoms with E-state index in [9.17, 15) is 4.79 Å². The van der Waals surface area contributed by atoms with E-state index in [4.69, 9.17) is 0 Å². The van der Waals surface area contributed by atoms with Gasteiger partial charge in [-0.1, -0.05) is 69.3 Å². The van der Waals surface area contributed by atoms with Gasteiger partial charge < -0.3 is 0 Å². The molecule has 0 fully saturated rings. The summed E-state index contributed by atoms with van der Waals surface area (Å²) in [6, 6.07) is 16.3. The van der Waals surface area contributed by atoms with Crippen LogP contribution in [-0.2, 0) is 12.8 Å². The van der Waals surface area contributed by atoms with Gasteiger partial charge in [0.25, 0.3) is 0 Å². The van der Waals surface area contributed by atoms with Crippen LogP contribution in [0.1, 0.15) is 53.7 Å². The van der Waals surface area contributed by atoms with Crippen molar-refractivity contribution < 1.29 is 4.79 Å². The number of aryl methyl sites for hydroxylation is 1. The number of hydrogen-bond acceptors (Lipinski definition) is 1. The molecule has 0 bridgehead atoms. The fourth-order valence-electron chi connectivity index (χ4n) is 2.23. The van der Waals surface area contributed by atoms with Gasteiger partial charge >= 0.3 is 0 Å². The standard InChI is InChI=1S/C19H22O/c1-4-15-5-7-16(8-6-15)13-19(20)18-11-9-17(10-12-18)14(2)3/h5-12,14H,4,13H2,1-3H3. The number of Topliss-reactive ketones (excluding diaryl/α,β-unsaturated/α-hetero) is 1. The molecule has 0 aliphatic rings. The Hall–Kier alpha value is -1.89. The molecule has 2 aromatic carbocycles. The molecule has 2 rings (SSSR count). The smallest absolute Gasteiger partial charge is 0.167 e. The van der Waals surface area contributed by atoms with Crippen molar-refractivity contribution in [2.24, 2.45) is 0 Å². The number of rotatable bonds is 5. The minimum atomic E-state index is 0.185. The van der Waals surface area contributed by atoms with Crippen molar-refractivity contribution in [3.05, 3.63) is 70.8 Å². The van der Waals surface area contributed by atoms with Crippen LogP contribution in [0.4, 0.5) is 0 Å². The summed E-state index contributed by atoms with van der Waals surface area (Å²) in [5.74, 6) is 0.685. The maximum absolute atomic E-state index is 12.2. The first-order valence-corrected chi connectivity index (χ1v) is 7.31. The largest absolute Gasteiger partial charge is 0.294 e. The number of carbonyl (C=O) groups excluding carboxylic acids is 1. The fourth-order valence-corrected chi connectivity index (χ4v) is 2.23. The molecule has 0 saturated heterocycles. The molecule has 0 aliphatic heterocycles. The Labute approximate surface area is 121 Å². The Bertz CT molecular complexity index is 562. The van der Waals surface area contributed by atoms with Crippen molar-refractivity contribution in [1.29, 1.82) is 0 Å². The quantitative estimate of drug-likeness (QED) is 0.711. The van der Waals surface area contributed by atoms with Gasteiger partial charge in [-0.15, -0.1) is 0 Å². The third-order valence-corrected chi connectivity index (χ3v) is 3.70.